The van der Waals surface area contributed by atoms with Gasteiger partial charge in [-0.1, -0.05) is 60.7 Å². The van der Waals surface area contributed by atoms with Gasteiger partial charge in [-0.15, -0.1) is 0 Å². The Morgan fingerprint density at radius 1 is 0.853 bits per heavy atom. The summed E-state index contributed by atoms with van der Waals surface area (Å²) in [5, 5.41) is 0.740. The quantitative estimate of drug-likeness (QED) is 0.377. The molecule has 5 nitrogen and oxygen atoms in total. The fraction of sp³-hybridized carbons (Fsp3) is 0.172. The van der Waals surface area contributed by atoms with Crippen molar-refractivity contribution in [2.75, 3.05) is 13.1 Å². The van der Waals surface area contributed by atoms with E-state index in [1.807, 2.05) is 36.4 Å². The van der Waals surface area contributed by atoms with Crippen LogP contribution >= 0.6 is 0 Å². The topological polar surface area (TPSA) is 59.8 Å². The number of rotatable bonds is 2. The molecule has 1 aromatic heterocycles. The summed E-state index contributed by atoms with van der Waals surface area (Å²) in [4.78, 5) is 27.3. The second-order valence-electron chi connectivity index (χ2n) is 8.90. The SMILES string of the molecule is O=C(c1cc2ccccc2oc1=O)N1CCC2(C=Cc3cc(-c4ccccc4)ccc3O2)CC1. The molecule has 34 heavy (non-hydrogen) atoms. The smallest absolute Gasteiger partial charge is 0.349 e. The second kappa shape index (κ2) is 8.03. The van der Waals surface area contributed by atoms with Crippen molar-refractivity contribution in [3.8, 4) is 16.9 Å². The normalized spacial score (nSPS) is 16.3. The molecule has 1 fully saturated rings. The van der Waals surface area contributed by atoms with Crippen LogP contribution in [0.3, 0.4) is 0 Å². The number of carbonyl (C=O) groups is 1. The third-order valence-corrected chi connectivity index (χ3v) is 6.77. The third-order valence-electron chi connectivity index (χ3n) is 6.77. The van der Waals surface area contributed by atoms with Gasteiger partial charge in [0.15, 0.2) is 0 Å². The zero-order valence-corrected chi connectivity index (χ0v) is 18.6. The van der Waals surface area contributed by atoms with E-state index in [0.717, 1.165) is 22.3 Å². The van der Waals surface area contributed by atoms with Gasteiger partial charge < -0.3 is 14.1 Å². The Hall–Kier alpha value is -4.12. The van der Waals surface area contributed by atoms with E-state index in [1.54, 1.807) is 23.1 Å². The highest BCUT2D eigenvalue weighted by molar-refractivity contribution is 5.96. The number of benzene rings is 3. The van der Waals surface area contributed by atoms with Gasteiger partial charge in [-0.05, 0) is 41.5 Å². The van der Waals surface area contributed by atoms with Gasteiger partial charge in [0.25, 0.3) is 5.91 Å². The number of piperidine rings is 1. The summed E-state index contributed by atoms with van der Waals surface area (Å²) in [6, 6.07) is 25.4. The Kier molecular flexibility index (Phi) is 4.84. The molecule has 0 aliphatic carbocycles. The Labute approximate surface area is 196 Å². The number of para-hydroxylation sites is 1. The van der Waals surface area contributed by atoms with Crippen LogP contribution in [0.1, 0.15) is 28.8 Å². The lowest BCUT2D eigenvalue weighted by Gasteiger charge is -2.41. The van der Waals surface area contributed by atoms with Crippen LogP contribution in [-0.4, -0.2) is 29.5 Å². The molecule has 0 unspecified atom stereocenters. The van der Waals surface area contributed by atoms with Crippen molar-refractivity contribution in [2.45, 2.75) is 18.4 Å². The standard InChI is InChI=1S/C29H23NO4/c31-27(24-19-22-8-4-5-9-25(22)33-28(24)32)30-16-14-29(15-17-30)13-12-23-18-21(10-11-26(23)34-29)20-6-2-1-3-7-20/h1-13,18-19H,14-17H2. The second-order valence-corrected chi connectivity index (χ2v) is 8.90. The summed E-state index contributed by atoms with van der Waals surface area (Å²) in [7, 11) is 0. The molecule has 0 bridgehead atoms. The van der Waals surface area contributed by atoms with Crippen molar-refractivity contribution in [3.05, 3.63) is 106 Å². The van der Waals surface area contributed by atoms with Crippen molar-refractivity contribution >= 4 is 23.0 Å². The van der Waals surface area contributed by atoms with Crippen molar-refractivity contribution in [1.82, 2.24) is 4.90 Å². The van der Waals surface area contributed by atoms with Gasteiger partial charge in [0, 0.05) is 36.9 Å². The molecule has 0 N–H and O–H groups in total. The predicted octanol–water partition coefficient (Wildman–Crippen LogP) is 5.54. The van der Waals surface area contributed by atoms with Crippen molar-refractivity contribution in [1.29, 1.82) is 0 Å². The van der Waals surface area contributed by atoms with E-state index in [0.29, 0.717) is 31.5 Å². The molecule has 0 atom stereocenters. The molecule has 6 rings (SSSR count). The Morgan fingerprint density at radius 3 is 2.44 bits per heavy atom. The molecule has 1 amide bonds. The summed E-state index contributed by atoms with van der Waals surface area (Å²) in [6.07, 6.45) is 5.57. The molecule has 1 spiro atoms. The van der Waals surface area contributed by atoms with E-state index in [2.05, 4.69) is 36.4 Å². The number of hydrogen-bond acceptors (Lipinski definition) is 4. The average Bonchev–Trinajstić information content (AvgIpc) is 2.88. The van der Waals surface area contributed by atoms with Gasteiger partial charge >= 0.3 is 5.63 Å². The van der Waals surface area contributed by atoms with E-state index in [1.165, 1.54) is 5.56 Å². The van der Waals surface area contributed by atoms with Crippen LogP contribution in [0.2, 0.25) is 0 Å². The van der Waals surface area contributed by atoms with E-state index >= 15 is 0 Å². The molecular formula is C29H23NO4. The summed E-state index contributed by atoms with van der Waals surface area (Å²) < 4.78 is 11.8. The maximum absolute atomic E-state index is 13.1. The zero-order valence-electron chi connectivity index (χ0n) is 18.6. The van der Waals surface area contributed by atoms with Gasteiger partial charge in [-0.25, -0.2) is 4.79 Å². The molecule has 0 saturated carbocycles. The fourth-order valence-corrected chi connectivity index (χ4v) is 4.81. The first-order valence-corrected chi connectivity index (χ1v) is 11.5. The highest BCUT2D eigenvalue weighted by atomic mass is 16.5. The maximum Gasteiger partial charge on any atom is 0.349 e. The molecule has 3 heterocycles. The molecule has 0 radical (unpaired) electrons. The summed E-state index contributed by atoms with van der Waals surface area (Å²) in [5.74, 6) is 0.569. The molecule has 168 valence electrons. The highest BCUT2D eigenvalue weighted by Gasteiger charge is 2.38. The van der Waals surface area contributed by atoms with Crippen molar-refractivity contribution < 1.29 is 13.9 Å². The van der Waals surface area contributed by atoms with Gasteiger partial charge in [-0.3, -0.25) is 4.79 Å². The number of ether oxygens (including phenoxy) is 1. The molecule has 4 aromatic rings. The number of nitrogens with zero attached hydrogens (tertiary/aromatic N) is 1. The lowest BCUT2D eigenvalue weighted by Crippen LogP contribution is -2.49. The number of carbonyl (C=O) groups excluding carboxylic acids is 1. The molecule has 1 saturated heterocycles. The summed E-state index contributed by atoms with van der Waals surface area (Å²) in [6.45, 7) is 1.01. The number of hydrogen-bond donors (Lipinski definition) is 0. The summed E-state index contributed by atoms with van der Waals surface area (Å²) in [5.41, 5.74) is 2.90. The first kappa shape index (κ1) is 20.5. The van der Waals surface area contributed by atoms with Crippen LogP contribution in [0.25, 0.3) is 28.2 Å². The van der Waals surface area contributed by atoms with Gasteiger partial charge in [0.05, 0.1) is 0 Å². The molecule has 3 aromatic carbocycles. The van der Waals surface area contributed by atoms with Gasteiger partial charge in [0.1, 0.15) is 22.5 Å². The predicted molar refractivity (Wildman–Crippen MR) is 132 cm³/mol. The number of amides is 1. The van der Waals surface area contributed by atoms with Crippen LogP contribution in [0.15, 0.2) is 94.2 Å². The molecule has 2 aliphatic rings. The first-order valence-electron chi connectivity index (χ1n) is 11.5. The van der Waals surface area contributed by atoms with Crippen LogP contribution in [0.4, 0.5) is 0 Å². The minimum atomic E-state index is -0.596. The van der Waals surface area contributed by atoms with E-state index < -0.39 is 11.2 Å². The molecule has 2 aliphatic heterocycles. The summed E-state index contributed by atoms with van der Waals surface area (Å²) >= 11 is 0. The van der Waals surface area contributed by atoms with E-state index in [4.69, 9.17) is 9.15 Å². The van der Waals surface area contributed by atoms with Crippen LogP contribution in [0, 0.1) is 0 Å². The Bertz CT molecular complexity index is 1480. The monoisotopic (exact) mass is 449 g/mol. The lowest BCUT2D eigenvalue weighted by molar-refractivity contribution is 0.0327. The first-order chi connectivity index (χ1) is 16.6. The Balaban J connectivity index is 1.19. The average molecular weight is 450 g/mol. The highest BCUT2D eigenvalue weighted by Crippen LogP contribution is 2.39. The molecule has 5 heteroatoms. The molecular weight excluding hydrogens is 426 g/mol. The van der Waals surface area contributed by atoms with Crippen molar-refractivity contribution in [2.24, 2.45) is 0 Å². The Morgan fingerprint density at radius 2 is 1.62 bits per heavy atom. The fourth-order valence-electron chi connectivity index (χ4n) is 4.81. The number of fused-ring (bicyclic) bond motifs is 2. The van der Waals surface area contributed by atoms with Crippen LogP contribution < -0.4 is 10.4 Å². The van der Waals surface area contributed by atoms with Gasteiger partial charge in [-0.2, -0.15) is 0 Å². The van der Waals surface area contributed by atoms with Crippen LogP contribution in [0.5, 0.6) is 5.75 Å². The van der Waals surface area contributed by atoms with Crippen molar-refractivity contribution in [3.63, 3.8) is 0 Å². The maximum atomic E-state index is 13.1. The van der Waals surface area contributed by atoms with Gasteiger partial charge in [0.2, 0.25) is 0 Å². The zero-order chi connectivity index (χ0) is 23.1. The van der Waals surface area contributed by atoms with E-state index in [9.17, 15) is 9.59 Å². The van der Waals surface area contributed by atoms with E-state index in [-0.39, 0.29) is 11.5 Å². The third kappa shape index (κ3) is 3.59. The largest absolute Gasteiger partial charge is 0.482 e. The minimum absolute atomic E-state index is 0.0774. The lowest BCUT2D eigenvalue weighted by atomic mass is 9.87. The minimum Gasteiger partial charge on any atom is -0.482 e. The number of likely N-dealkylation sites (tertiary alicyclic amines) is 1. The van der Waals surface area contributed by atoms with Crippen LogP contribution in [-0.2, 0) is 0 Å².